The standard InChI is InChI=1S/C17H20FNO/c1-17(2,3)19-12-13-4-8-15(9-5-13)20-16-10-6-14(18)7-11-16/h4-11,19H,12H2,1-3H3. The lowest BCUT2D eigenvalue weighted by Gasteiger charge is -2.20. The predicted octanol–water partition coefficient (Wildman–Crippen LogP) is 4.51. The molecule has 2 nitrogen and oxygen atoms in total. The van der Waals surface area contributed by atoms with Crippen LogP contribution >= 0.6 is 0 Å². The summed E-state index contributed by atoms with van der Waals surface area (Å²) in [5.74, 6) is 1.11. The molecule has 0 amide bonds. The maximum atomic E-state index is 12.8. The fourth-order valence-corrected chi connectivity index (χ4v) is 1.68. The van der Waals surface area contributed by atoms with E-state index in [1.54, 1.807) is 12.1 Å². The third-order valence-corrected chi connectivity index (χ3v) is 2.80. The highest BCUT2D eigenvalue weighted by Gasteiger charge is 2.08. The molecule has 0 aromatic heterocycles. The van der Waals surface area contributed by atoms with Gasteiger partial charge in [0.2, 0.25) is 0 Å². The van der Waals surface area contributed by atoms with Crippen LogP contribution in [0.4, 0.5) is 4.39 Å². The maximum absolute atomic E-state index is 12.8. The summed E-state index contributed by atoms with van der Waals surface area (Å²) in [7, 11) is 0. The zero-order valence-corrected chi connectivity index (χ0v) is 12.1. The van der Waals surface area contributed by atoms with Gasteiger partial charge in [-0.15, -0.1) is 0 Å². The van der Waals surface area contributed by atoms with Crippen LogP contribution in [0.15, 0.2) is 48.5 Å². The van der Waals surface area contributed by atoms with Crippen LogP contribution in [-0.4, -0.2) is 5.54 Å². The first-order chi connectivity index (χ1) is 9.42. The van der Waals surface area contributed by atoms with Crippen molar-refractivity contribution < 1.29 is 9.13 Å². The zero-order valence-electron chi connectivity index (χ0n) is 12.1. The number of hydrogen-bond acceptors (Lipinski definition) is 2. The molecule has 0 spiro atoms. The first-order valence-electron chi connectivity index (χ1n) is 6.70. The Morgan fingerprint density at radius 2 is 1.40 bits per heavy atom. The largest absolute Gasteiger partial charge is 0.457 e. The van der Waals surface area contributed by atoms with E-state index in [-0.39, 0.29) is 11.4 Å². The molecule has 2 aromatic carbocycles. The minimum absolute atomic E-state index is 0.100. The van der Waals surface area contributed by atoms with Crippen molar-refractivity contribution in [1.29, 1.82) is 0 Å². The molecule has 0 fully saturated rings. The lowest BCUT2D eigenvalue weighted by Crippen LogP contribution is -2.34. The van der Waals surface area contributed by atoms with Crippen molar-refractivity contribution in [2.45, 2.75) is 32.9 Å². The van der Waals surface area contributed by atoms with Crippen molar-refractivity contribution in [3.8, 4) is 11.5 Å². The molecule has 0 aliphatic carbocycles. The van der Waals surface area contributed by atoms with Crippen LogP contribution in [0.25, 0.3) is 0 Å². The highest BCUT2D eigenvalue weighted by molar-refractivity contribution is 5.33. The van der Waals surface area contributed by atoms with Crippen LogP contribution in [0, 0.1) is 5.82 Å². The smallest absolute Gasteiger partial charge is 0.127 e. The van der Waals surface area contributed by atoms with E-state index in [2.05, 4.69) is 26.1 Å². The first-order valence-corrected chi connectivity index (χ1v) is 6.70. The second kappa shape index (κ2) is 6.06. The molecule has 106 valence electrons. The molecular formula is C17H20FNO. The van der Waals surface area contributed by atoms with Gasteiger partial charge in [0.1, 0.15) is 17.3 Å². The molecule has 2 aromatic rings. The van der Waals surface area contributed by atoms with Gasteiger partial charge in [-0.3, -0.25) is 0 Å². The Morgan fingerprint density at radius 3 is 1.90 bits per heavy atom. The summed E-state index contributed by atoms with van der Waals surface area (Å²) in [6, 6.07) is 13.9. The Morgan fingerprint density at radius 1 is 0.900 bits per heavy atom. The molecule has 3 heteroatoms. The zero-order chi connectivity index (χ0) is 14.6. The van der Waals surface area contributed by atoms with Crippen LogP contribution in [-0.2, 0) is 6.54 Å². The summed E-state index contributed by atoms with van der Waals surface area (Å²) in [4.78, 5) is 0. The molecule has 0 bridgehead atoms. The molecule has 0 radical (unpaired) electrons. The summed E-state index contributed by atoms with van der Waals surface area (Å²) in [5, 5.41) is 3.43. The third kappa shape index (κ3) is 4.67. The van der Waals surface area contributed by atoms with Gasteiger partial charge in [0.05, 0.1) is 0 Å². The van der Waals surface area contributed by atoms with Gasteiger partial charge in [0.15, 0.2) is 0 Å². The van der Waals surface area contributed by atoms with Crippen molar-refractivity contribution in [3.63, 3.8) is 0 Å². The molecule has 0 unspecified atom stereocenters. The van der Waals surface area contributed by atoms with Gasteiger partial charge in [0.25, 0.3) is 0 Å². The number of benzene rings is 2. The second-order valence-electron chi connectivity index (χ2n) is 5.80. The fourth-order valence-electron chi connectivity index (χ4n) is 1.68. The van der Waals surface area contributed by atoms with Gasteiger partial charge in [-0.2, -0.15) is 0 Å². The molecule has 0 heterocycles. The molecule has 1 N–H and O–H groups in total. The highest BCUT2D eigenvalue weighted by atomic mass is 19.1. The maximum Gasteiger partial charge on any atom is 0.127 e. The molecule has 0 saturated heterocycles. The number of halogens is 1. The number of rotatable bonds is 4. The summed E-state index contributed by atoms with van der Waals surface area (Å²) >= 11 is 0. The molecule has 0 aliphatic rings. The molecule has 0 saturated carbocycles. The Bertz CT molecular complexity index is 541. The Kier molecular flexibility index (Phi) is 4.40. The van der Waals surface area contributed by atoms with Gasteiger partial charge < -0.3 is 10.1 Å². The Balaban J connectivity index is 1.96. The second-order valence-corrected chi connectivity index (χ2v) is 5.80. The lowest BCUT2D eigenvalue weighted by molar-refractivity contribution is 0.424. The van der Waals surface area contributed by atoms with E-state index < -0.39 is 0 Å². The van der Waals surface area contributed by atoms with Crippen molar-refractivity contribution >= 4 is 0 Å². The number of ether oxygens (including phenoxy) is 1. The van der Waals surface area contributed by atoms with Gasteiger partial charge in [-0.1, -0.05) is 12.1 Å². The minimum atomic E-state index is -0.263. The van der Waals surface area contributed by atoms with Crippen LogP contribution < -0.4 is 10.1 Å². The van der Waals surface area contributed by atoms with Gasteiger partial charge in [-0.05, 0) is 62.7 Å². The number of nitrogens with one attached hydrogen (secondary N) is 1. The van der Waals surface area contributed by atoms with E-state index in [0.717, 1.165) is 12.3 Å². The number of hydrogen-bond donors (Lipinski definition) is 1. The van der Waals surface area contributed by atoms with Crippen LogP contribution in [0.5, 0.6) is 11.5 Å². The molecule has 20 heavy (non-hydrogen) atoms. The average molecular weight is 273 g/mol. The van der Waals surface area contributed by atoms with E-state index >= 15 is 0 Å². The van der Waals surface area contributed by atoms with Crippen LogP contribution in [0.1, 0.15) is 26.3 Å². The van der Waals surface area contributed by atoms with Crippen molar-refractivity contribution in [2.24, 2.45) is 0 Å². The summed E-state index contributed by atoms with van der Waals surface area (Å²) in [6.07, 6.45) is 0. The van der Waals surface area contributed by atoms with E-state index in [1.807, 2.05) is 24.3 Å². The molecule has 2 rings (SSSR count). The Hall–Kier alpha value is -1.87. The van der Waals surface area contributed by atoms with E-state index in [0.29, 0.717) is 5.75 Å². The average Bonchev–Trinajstić information content (AvgIpc) is 2.40. The summed E-state index contributed by atoms with van der Waals surface area (Å²) < 4.78 is 18.4. The van der Waals surface area contributed by atoms with E-state index in [4.69, 9.17) is 4.74 Å². The van der Waals surface area contributed by atoms with Gasteiger partial charge in [0, 0.05) is 12.1 Å². The molecule has 0 atom stereocenters. The molecular weight excluding hydrogens is 253 g/mol. The van der Waals surface area contributed by atoms with E-state index in [1.165, 1.54) is 17.7 Å². The monoisotopic (exact) mass is 273 g/mol. The molecule has 0 aliphatic heterocycles. The minimum Gasteiger partial charge on any atom is -0.457 e. The summed E-state index contributed by atoms with van der Waals surface area (Å²) in [6.45, 7) is 7.23. The quantitative estimate of drug-likeness (QED) is 0.885. The van der Waals surface area contributed by atoms with Crippen molar-refractivity contribution in [3.05, 3.63) is 59.9 Å². The highest BCUT2D eigenvalue weighted by Crippen LogP contribution is 2.21. The van der Waals surface area contributed by atoms with Gasteiger partial charge in [-0.25, -0.2) is 4.39 Å². The SMILES string of the molecule is CC(C)(C)NCc1ccc(Oc2ccc(F)cc2)cc1. The third-order valence-electron chi connectivity index (χ3n) is 2.80. The van der Waals surface area contributed by atoms with E-state index in [9.17, 15) is 4.39 Å². The predicted molar refractivity (Wildman–Crippen MR) is 79.5 cm³/mol. The fraction of sp³-hybridized carbons (Fsp3) is 0.294. The van der Waals surface area contributed by atoms with Crippen LogP contribution in [0.2, 0.25) is 0 Å². The summed E-state index contributed by atoms with van der Waals surface area (Å²) in [5.41, 5.74) is 1.30. The Labute approximate surface area is 119 Å². The van der Waals surface area contributed by atoms with Crippen molar-refractivity contribution in [1.82, 2.24) is 5.32 Å². The van der Waals surface area contributed by atoms with Gasteiger partial charge >= 0.3 is 0 Å². The first kappa shape index (κ1) is 14.5. The normalized spacial score (nSPS) is 11.4. The lowest BCUT2D eigenvalue weighted by atomic mass is 10.1. The van der Waals surface area contributed by atoms with Crippen molar-refractivity contribution in [2.75, 3.05) is 0 Å². The van der Waals surface area contributed by atoms with Crippen LogP contribution in [0.3, 0.4) is 0 Å². The topological polar surface area (TPSA) is 21.3 Å².